The normalized spacial score (nSPS) is 21.1. The fourth-order valence-corrected chi connectivity index (χ4v) is 1.40. The Morgan fingerprint density at radius 1 is 1.58 bits per heavy atom. The Bertz CT molecular complexity index is 134. The summed E-state index contributed by atoms with van der Waals surface area (Å²) in [5.74, 6) is 0. The number of hydrogen-bond donors (Lipinski definition) is 2. The predicted molar refractivity (Wildman–Crippen MR) is 43.4 cm³/mol. The molecular formula is C8H15NO3. The fraction of sp³-hybridized carbons (Fsp3) is 0.875. The maximum absolute atomic E-state index is 9.92. The molecular weight excluding hydrogens is 158 g/mol. The van der Waals surface area contributed by atoms with Crippen molar-refractivity contribution < 1.29 is 14.6 Å². The smallest absolute Gasteiger partial charge is 0.214 e. The highest BCUT2D eigenvalue weighted by molar-refractivity contribution is 5.51. The van der Waals surface area contributed by atoms with E-state index in [2.05, 4.69) is 5.32 Å². The minimum absolute atomic E-state index is 0.133. The first kappa shape index (κ1) is 9.64. The quantitative estimate of drug-likeness (QED) is 0.454. The number of hydrogen-bond acceptors (Lipinski definition) is 4. The lowest BCUT2D eigenvalue weighted by atomic mass is 10.3. The highest BCUT2D eigenvalue weighted by atomic mass is 16.6. The van der Waals surface area contributed by atoms with Gasteiger partial charge in [0.2, 0.25) is 6.41 Å². The summed E-state index contributed by atoms with van der Waals surface area (Å²) in [5.41, 5.74) is 0. The summed E-state index contributed by atoms with van der Waals surface area (Å²) in [6, 6.07) is 0. The largest absolute Gasteiger partial charge is 0.356 e. The number of carbonyl (C=O) groups excluding carboxylic acids is 1. The summed E-state index contributed by atoms with van der Waals surface area (Å²) < 4.78 is 5.20. The Kier molecular flexibility index (Phi) is 4.21. The number of rotatable bonds is 5. The molecule has 0 amide bonds. The van der Waals surface area contributed by atoms with Gasteiger partial charge in [0.1, 0.15) is 6.29 Å². The van der Waals surface area contributed by atoms with Crippen LogP contribution in [0.25, 0.3) is 0 Å². The van der Waals surface area contributed by atoms with Gasteiger partial charge in [-0.05, 0) is 12.8 Å². The lowest BCUT2D eigenvalue weighted by molar-refractivity contribution is -0.152. The topological polar surface area (TPSA) is 58.6 Å². The molecule has 0 aromatic carbocycles. The highest BCUT2D eigenvalue weighted by Gasteiger charge is 2.18. The van der Waals surface area contributed by atoms with Crippen LogP contribution in [0.5, 0.6) is 0 Å². The van der Waals surface area contributed by atoms with Crippen LogP contribution in [0.15, 0.2) is 0 Å². The number of aliphatic hydroxyl groups excluding tert-OH is 1. The van der Waals surface area contributed by atoms with Crippen LogP contribution in [0.4, 0.5) is 0 Å². The molecule has 0 aromatic heterocycles. The van der Waals surface area contributed by atoms with E-state index in [4.69, 9.17) is 9.84 Å². The molecule has 1 saturated carbocycles. The molecule has 1 aliphatic carbocycles. The van der Waals surface area contributed by atoms with Crippen LogP contribution < -0.4 is 5.32 Å². The van der Waals surface area contributed by atoms with Crippen molar-refractivity contribution >= 4 is 6.29 Å². The molecule has 4 heteroatoms. The first-order valence-corrected chi connectivity index (χ1v) is 4.33. The van der Waals surface area contributed by atoms with Gasteiger partial charge in [-0.15, -0.1) is 0 Å². The average molecular weight is 173 g/mol. The minimum Gasteiger partial charge on any atom is -0.356 e. The third-order valence-electron chi connectivity index (χ3n) is 2.00. The van der Waals surface area contributed by atoms with E-state index in [1.165, 1.54) is 12.8 Å². The van der Waals surface area contributed by atoms with E-state index in [1.54, 1.807) is 0 Å². The van der Waals surface area contributed by atoms with Gasteiger partial charge in [0.05, 0.1) is 12.6 Å². The summed E-state index contributed by atoms with van der Waals surface area (Å²) in [6.07, 6.45) is 4.24. The molecule has 1 atom stereocenters. The van der Waals surface area contributed by atoms with Crippen LogP contribution in [-0.2, 0) is 9.53 Å². The molecule has 1 rings (SSSR count). The van der Waals surface area contributed by atoms with Crippen LogP contribution in [-0.4, -0.2) is 30.5 Å². The van der Waals surface area contributed by atoms with Crippen molar-refractivity contribution in [2.24, 2.45) is 0 Å². The first-order chi connectivity index (χ1) is 5.83. The van der Waals surface area contributed by atoms with Gasteiger partial charge in [-0.1, -0.05) is 12.8 Å². The van der Waals surface area contributed by atoms with Crippen molar-refractivity contribution in [3.05, 3.63) is 0 Å². The molecule has 4 nitrogen and oxygen atoms in total. The highest BCUT2D eigenvalue weighted by Crippen LogP contribution is 2.21. The van der Waals surface area contributed by atoms with E-state index in [0.29, 0.717) is 6.29 Å². The lowest BCUT2D eigenvalue weighted by Crippen LogP contribution is -2.35. The van der Waals surface area contributed by atoms with Crippen molar-refractivity contribution in [3.63, 3.8) is 0 Å². The summed E-state index contributed by atoms with van der Waals surface area (Å²) >= 11 is 0. The molecule has 0 spiro atoms. The number of ether oxygens (including phenoxy) is 1. The van der Waals surface area contributed by atoms with Crippen LogP contribution in [0, 0.1) is 0 Å². The minimum atomic E-state index is -0.988. The zero-order valence-electron chi connectivity index (χ0n) is 7.03. The Balaban J connectivity index is 2.07. The summed E-state index contributed by atoms with van der Waals surface area (Å²) in [5, 5.41) is 11.7. The lowest BCUT2D eigenvalue weighted by Gasteiger charge is -2.16. The summed E-state index contributed by atoms with van der Waals surface area (Å²) in [6.45, 7) is 0.133. The number of aliphatic hydroxyl groups is 1. The second kappa shape index (κ2) is 5.24. The van der Waals surface area contributed by atoms with Gasteiger partial charge in [-0.3, -0.25) is 5.32 Å². The van der Waals surface area contributed by atoms with Gasteiger partial charge in [-0.25, -0.2) is 0 Å². The van der Waals surface area contributed by atoms with Gasteiger partial charge < -0.3 is 14.6 Å². The van der Waals surface area contributed by atoms with Crippen LogP contribution in [0.2, 0.25) is 0 Å². The Morgan fingerprint density at radius 2 is 2.25 bits per heavy atom. The van der Waals surface area contributed by atoms with E-state index in [-0.39, 0.29) is 12.6 Å². The second-order valence-electron chi connectivity index (χ2n) is 2.97. The Labute approximate surface area is 71.9 Å². The van der Waals surface area contributed by atoms with Crippen LogP contribution >= 0.6 is 0 Å². The molecule has 0 heterocycles. The maximum Gasteiger partial charge on any atom is 0.214 e. The Hall–Kier alpha value is -0.450. The third kappa shape index (κ3) is 3.30. The average Bonchev–Trinajstić information content (AvgIpc) is 2.53. The summed E-state index contributed by atoms with van der Waals surface area (Å²) in [7, 11) is 0. The molecule has 0 aliphatic heterocycles. The summed E-state index contributed by atoms with van der Waals surface area (Å²) in [4.78, 5) is 9.92. The Morgan fingerprint density at radius 3 is 2.83 bits per heavy atom. The van der Waals surface area contributed by atoms with Crippen molar-refractivity contribution in [1.29, 1.82) is 0 Å². The molecule has 1 unspecified atom stereocenters. The van der Waals surface area contributed by atoms with E-state index in [0.717, 1.165) is 12.8 Å². The second-order valence-corrected chi connectivity index (χ2v) is 2.97. The van der Waals surface area contributed by atoms with Crippen LogP contribution in [0.1, 0.15) is 25.7 Å². The third-order valence-corrected chi connectivity index (χ3v) is 2.00. The fourth-order valence-electron chi connectivity index (χ4n) is 1.40. The van der Waals surface area contributed by atoms with Gasteiger partial charge in [0.15, 0.2) is 0 Å². The molecule has 2 N–H and O–H groups in total. The van der Waals surface area contributed by atoms with E-state index in [1.807, 2.05) is 0 Å². The van der Waals surface area contributed by atoms with Gasteiger partial charge in [0.25, 0.3) is 0 Å². The number of aldehydes is 1. The van der Waals surface area contributed by atoms with E-state index >= 15 is 0 Å². The van der Waals surface area contributed by atoms with Gasteiger partial charge in [-0.2, -0.15) is 0 Å². The molecule has 0 saturated heterocycles. The van der Waals surface area contributed by atoms with E-state index < -0.39 is 6.41 Å². The molecule has 0 aromatic rings. The molecule has 0 radical (unpaired) electrons. The monoisotopic (exact) mass is 173 g/mol. The number of nitrogens with one attached hydrogen (secondary N) is 1. The SMILES string of the molecule is O=CCNC(O)OC1CCCC1. The van der Waals surface area contributed by atoms with Crippen molar-refractivity contribution in [3.8, 4) is 0 Å². The standard InChI is InChI=1S/C8H15NO3/c10-6-5-9-8(11)12-7-3-1-2-4-7/h6-9,11H,1-5H2. The van der Waals surface area contributed by atoms with E-state index in [9.17, 15) is 4.79 Å². The maximum atomic E-state index is 9.92. The van der Waals surface area contributed by atoms with Gasteiger partial charge >= 0.3 is 0 Å². The van der Waals surface area contributed by atoms with Gasteiger partial charge in [0, 0.05) is 0 Å². The molecule has 1 aliphatic rings. The number of carbonyl (C=O) groups is 1. The molecule has 0 bridgehead atoms. The first-order valence-electron chi connectivity index (χ1n) is 4.33. The van der Waals surface area contributed by atoms with Crippen molar-refractivity contribution in [1.82, 2.24) is 5.32 Å². The van der Waals surface area contributed by atoms with Crippen molar-refractivity contribution in [2.75, 3.05) is 6.54 Å². The zero-order valence-corrected chi connectivity index (χ0v) is 7.03. The molecule has 12 heavy (non-hydrogen) atoms. The van der Waals surface area contributed by atoms with Crippen molar-refractivity contribution in [2.45, 2.75) is 38.2 Å². The zero-order chi connectivity index (χ0) is 8.81. The molecule has 70 valence electrons. The van der Waals surface area contributed by atoms with Crippen LogP contribution in [0.3, 0.4) is 0 Å². The molecule has 1 fully saturated rings. The predicted octanol–water partition coefficient (Wildman–Crippen LogP) is 0.01000.